The highest BCUT2D eigenvalue weighted by Gasteiger charge is 2.10. The van der Waals surface area contributed by atoms with Crippen molar-refractivity contribution in [2.45, 2.75) is 45.4 Å². The second-order valence-electron chi connectivity index (χ2n) is 7.47. The Kier molecular flexibility index (Phi) is 16.0. The van der Waals surface area contributed by atoms with Crippen LogP contribution in [0.2, 0.25) is 0 Å². The number of ether oxygens (including phenoxy) is 4. The summed E-state index contributed by atoms with van der Waals surface area (Å²) in [6.45, 7) is 8.65. The van der Waals surface area contributed by atoms with Crippen molar-refractivity contribution in [2.75, 3.05) is 64.6 Å². The molecule has 31 heavy (non-hydrogen) atoms. The number of morpholine rings is 1. The third-order valence-electron chi connectivity index (χ3n) is 4.98. The average Bonchev–Trinajstić information content (AvgIpc) is 2.77. The maximum Gasteiger partial charge on any atom is 0.411 e. The topological polar surface area (TPSA) is 69.3 Å². The number of hydrogen-bond donors (Lipinski definition) is 1. The van der Waals surface area contributed by atoms with Gasteiger partial charge in [0.2, 0.25) is 0 Å². The van der Waals surface area contributed by atoms with Crippen LogP contribution in [0.5, 0.6) is 5.75 Å². The lowest BCUT2D eigenvalue weighted by Crippen LogP contribution is -2.38. The lowest BCUT2D eigenvalue weighted by atomic mass is 10.1. The molecule has 0 radical (unpaired) electrons. The molecule has 0 saturated carbocycles. The molecule has 1 saturated heterocycles. The van der Waals surface area contributed by atoms with Gasteiger partial charge in [0.15, 0.2) is 0 Å². The van der Waals surface area contributed by atoms with E-state index in [1.807, 2.05) is 12.1 Å². The van der Waals surface area contributed by atoms with E-state index in [4.69, 9.17) is 18.9 Å². The number of nitrogens with zero attached hydrogens (tertiary/aromatic N) is 1. The van der Waals surface area contributed by atoms with E-state index in [2.05, 4.69) is 17.1 Å². The van der Waals surface area contributed by atoms with Gasteiger partial charge >= 0.3 is 6.09 Å². The molecule has 178 valence electrons. The molecule has 0 unspecified atom stereocenters. The van der Waals surface area contributed by atoms with Crippen LogP contribution in [0, 0.1) is 0 Å². The van der Waals surface area contributed by atoms with Crippen LogP contribution < -0.4 is 10.1 Å². The standard InChI is InChI=1S/C23H38N2O5.ClH/c1-2-3-4-5-6-7-15-27-19-20-30-23(26)24-21-8-10-22(11-9-21)29-18-14-25-12-16-28-17-13-25;/h8-11H,2-7,12-20H2,1H3,(H,24,26);1H. The molecule has 0 bridgehead atoms. The second kappa shape index (κ2) is 18.1. The highest BCUT2D eigenvalue weighted by atomic mass is 35.5. The second-order valence-corrected chi connectivity index (χ2v) is 7.47. The van der Waals surface area contributed by atoms with E-state index in [0.717, 1.165) is 51.6 Å². The zero-order valence-electron chi connectivity index (χ0n) is 18.8. The molecule has 1 aliphatic rings. The van der Waals surface area contributed by atoms with Crippen molar-refractivity contribution in [2.24, 2.45) is 0 Å². The third kappa shape index (κ3) is 13.5. The minimum absolute atomic E-state index is 0. The molecule has 1 aromatic rings. The van der Waals surface area contributed by atoms with Gasteiger partial charge in [-0.15, -0.1) is 12.4 Å². The Morgan fingerprint density at radius 2 is 1.68 bits per heavy atom. The van der Waals surface area contributed by atoms with Crippen molar-refractivity contribution in [1.82, 2.24) is 4.90 Å². The van der Waals surface area contributed by atoms with Crippen molar-refractivity contribution in [3.63, 3.8) is 0 Å². The van der Waals surface area contributed by atoms with Gasteiger partial charge in [0, 0.05) is 31.9 Å². The summed E-state index contributed by atoms with van der Waals surface area (Å²) < 4.78 is 21.8. The van der Waals surface area contributed by atoms with E-state index in [-0.39, 0.29) is 19.0 Å². The number of carbonyl (C=O) groups is 1. The van der Waals surface area contributed by atoms with Crippen LogP contribution in [0.1, 0.15) is 45.4 Å². The third-order valence-corrected chi connectivity index (χ3v) is 4.98. The number of hydrogen-bond acceptors (Lipinski definition) is 6. The van der Waals surface area contributed by atoms with Crippen molar-refractivity contribution >= 4 is 24.2 Å². The van der Waals surface area contributed by atoms with Crippen LogP contribution in [0.4, 0.5) is 10.5 Å². The fourth-order valence-electron chi connectivity index (χ4n) is 3.19. The van der Waals surface area contributed by atoms with E-state index < -0.39 is 6.09 Å². The Morgan fingerprint density at radius 1 is 0.968 bits per heavy atom. The number of nitrogens with one attached hydrogen (secondary N) is 1. The molecule has 0 aromatic heterocycles. The molecule has 1 fully saturated rings. The summed E-state index contributed by atoms with van der Waals surface area (Å²) in [5.41, 5.74) is 0.675. The SMILES string of the molecule is CCCCCCCCOCCOC(=O)Nc1ccc(OCCN2CCOCC2)cc1.Cl. The van der Waals surface area contributed by atoms with E-state index >= 15 is 0 Å². The van der Waals surface area contributed by atoms with Crippen LogP contribution in [0.15, 0.2) is 24.3 Å². The van der Waals surface area contributed by atoms with Gasteiger partial charge in [0.1, 0.15) is 19.0 Å². The van der Waals surface area contributed by atoms with Crippen molar-refractivity contribution in [3.05, 3.63) is 24.3 Å². The first-order chi connectivity index (χ1) is 14.8. The van der Waals surface area contributed by atoms with E-state index in [0.29, 0.717) is 18.9 Å². The van der Waals surface area contributed by atoms with Gasteiger partial charge in [-0.3, -0.25) is 10.2 Å². The fraction of sp³-hybridized carbons (Fsp3) is 0.696. The fourth-order valence-corrected chi connectivity index (χ4v) is 3.19. The summed E-state index contributed by atoms with van der Waals surface area (Å²) in [6, 6.07) is 7.30. The predicted octanol–water partition coefficient (Wildman–Crippen LogP) is 4.75. The molecule has 7 nitrogen and oxygen atoms in total. The molecule has 8 heteroatoms. The first-order valence-corrected chi connectivity index (χ1v) is 11.3. The number of anilines is 1. The average molecular weight is 459 g/mol. The lowest BCUT2D eigenvalue weighted by Gasteiger charge is -2.26. The molecule has 1 N–H and O–H groups in total. The van der Waals surface area contributed by atoms with Crippen molar-refractivity contribution in [1.29, 1.82) is 0 Å². The van der Waals surface area contributed by atoms with Crippen LogP contribution >= 0.6 is 12.4 Å². The van der Waals surface area contributed by atoms with Crippen LogP contribution in [-0.4, -0.2) is 70.3 Å². The minimum atomic E-state index is -0.473. The number of carbonyl (C=O) groups excluding carboxylic acids is 1. The molecule has 1 aromatic carbocycles. The summed E-state index contributed by atoms with van der Waals surface area (Å²) in [5, 5.41) is 2.71. The normalized spacial score (nSPS) is 14.0. The van der Waals surface area contributed by atoms with Gasteiger partial charge < -0.3 is 18.9 Å². The Labute approximate surface area is 193 Å². The number of halogens is 1. The molecule has 0 atom stereocenters. The maximum atomic E-state index is 11.8. The highest BCUT2D eigenvalue weighted by Crippen LogP contribution is 2.16. The number of unbranched alkanes of at least 4 members (excludes halogenated alkanes) is 5. The Bertz CT molecular complexity index is 568. The summed E-state index contributed by atoms with van der Waals surface area (Å²) in [6.07, 6.45) is 6.96. The van der Waals surface area contributed by atoms with Crippen LogP contribution in [-0.2, 0) is 14.2 Å². The van der Waals surface area contributed by atoms with Crippen LogP contribution in [0.3, 0.4) is 0 Å². The predicted molar refractivity (Wildman–Crippen MR) is 126 cm³/mol. The molecule has 1 aliphatic heterocycles. The zero-order chi connectivity index (χ0) is 21.3. The summed E-state index contributed by atoms with van der Waals surface area (Å²) in [4.78, 5) is 14.2. The molecular weight excluding hydrogens is 420 g/mol. The first-order valence-electron chi connectivity index (χ1n) is 11.3. The Balaban J connectivity index is 0.00000480. The zero-order valence-corrected chi connectivity index (χ0v) is 19.6. The van der Waals surface area contributed by atoms with Crippen molar-refractivity contribution < 1.29 is 23.7 Å². The molecule has 0 aliphatic carbocycles. The van der Waals surface area contributed by atoms with Crippen LogP contribution in [0.25, 0.3) is 0 Å². The summed E-state index contributed by atoms with van der Waals surface area (Å²) in [7, 11) is 0. The van der Waals surface area contributed by atoms with Gasteiger partial charge in [-0.05, 0) is 30.7 Å². The van der Waals surface area contributed by atoms with Gasteiger partial charge in [0.25, 0.3) is 0 Å². The molecule has 2 rings (SSSR count). The number of amides is 1. The lowest BCUT2D eigenvalue weighted by molar-refractivity contribution is 0.0322. The van der Waals surface area contributed by atoms with Gasteiger partial charge in [-0.2, -0.15) is 0 Å². The molecule has 1 heterocycles. The Hall–Kier alpha value is -1.54. The largest absolute Gasteiger partial charge is 0.492 e. The monoisotopic (exact) mass is 458 g/mol. The van der Waals surface area contributed by atoms with E-state index in [1.54, 1.807) is 12.1 Å². The summed E-state index contributed by atoms with van der Waals surface area (Å²) >= 11 is 0. The van der Waals surface area contributed by atoms with Gasteiger partial charge in [0.05, 0.1) is 19.8 Å². The minimum Gasteiger partial charge on any atom is -0.492 e. The molecular formula is C23H39ClN2O5. The smallest absolute Gasteiger partial charge is 0.411 e. The van der Waals surface area contributed by atoms with Crippen molar-refractivity contribution in [3.8, 4) is 5.75 Å². The highest BCUT2D eigenvalue weighted by molar-refractivity contribution is 5.85. The Morgan fingerprint density at radius 3 is 2.42 bits per heavy atom. The first kappa shape index (κ1) is 27.5. The van der Waals surface area contributed by atoms with Gasteiger partial charge in [-0.1, -0.05) is 39.0 Å². The molecule has 1 amide bonds. The number of benzene rings is 1. The number of rotatable bonds is 15. The maximum absolute atomic E-state index is 11.8. The van der Waals surface area contributed by atoms with E-state index in [9.17, 15) is 4.79 Å². The van der Waals surface area contributed by atoms with Gasteiger partial charge in [-0.25, -0.2) is 4.79 Å². The quantitative estimate of drug-likeness (QED) is 0.383. The summed E-state index contributed by atoms with van der Waals surface area (Å²) in [5.74, 6) is 0.783. The van der Waals surface area contributed by atoms with E-state index in [1.165, 1.54) is 32.1 Å². The molecule has 0 spiro atoms.